The van der Waals surface area contributed by atoms with Gasteiger partial charge in [-0.15, -0.1) is 0 Å². The quantitative estimate of drug-likeness (QED) is 0.927. The molecule has 2 aromatic rings. The van der Waals surface area contributed by atoms with Crippen molar-refractivity contribution in [3.05, 3.63) is 24.3 Å². The monoisotopic (exact) mass is 303 g/mol. The van der Waals surface area contributed by atoms with Crippen LogP contribution in [0.15, 0.2) is 24.3 Å². The van der Waals surface area contributed by atoms with E-state index in [4.69, 9.17) is 0 Å². The van der Waals surface area contributed by atoms with Crippen molar-refractivity contribution in [1.29, 1.82) is 0 Å². The lowest BCUT2D eigenvalue weighted by Crippen LogP contribution is -2.49. The maximum Gasteiger partial charge on any atom is 0.120 e. The Morgan fingerprint density at radius 1 is 1.29 bits per heavy atom. The molecule has 1 atom stereocenters. The van der Waals surface area contributed by atoms with E-state index >= 15 is 0 Å². The highest BCUT2D eigenvalue weighted by Gasteiger charge is 2.26. The first-order valence-corrected chi connectivity index (χ1v) is 8.68. The first-order valence-electron chi connectivity index (χ1n) is 7.91. The van der Waals surface area contributed by atoms with Crippen LogP contribution in [0.2, 0.25) is 0 Å². The van der Waals surface area contributed by atoms with E-state index in [2.05, 4.69) is 59.6 Å². The van der Waals surface area contributed by atoms with Gasteiger partial charge in [-0.05, 0) is 63.7 Å². The van der Waals surface area contributed by atoms with Crippen LogP contribution in [0, 0.1) is 0 Å². The number of piperidine rings is 1. The molecule has 1 aromatic carbocycles. The molecule has 1 unspecified atom stereocenters. The van der Waals surface area contributed by atoms with E-state index in [-0.39, 0.29) is 5.54 Å². The molecule has 1 N–H and O–H groups in total. The first kappa shape index (κ1) is 14.8. The highest BCUT2D eigenvalue weighted by Crippen LogP contribution is 2.35. The molecule has 1 aromatic heterocycles. The predicted molar refractivity (Wildman–Crippen MR) is 92.4 cm³/mol. The van der Waals surface area contributed by atoms with Crippen molar-refractivity contribution in [1.82, 2.24) is 9.69 Å². The fourth-order valence-corrected chi connectivity index (χ4v) is 3.95. The summed E-state index contributed by atoms with van der Waals surface area (Å²) < 4.78 is 4.62. The van der Waals surface area contributed by atoms with Crippen molar-refractivity contribution >= 4 is 27.4 Å². The molecule has 1 aliphatic heterocycles. The minimum absolute atomic E-state index is 0.179. The Labute approximate surface area is 131 Å². The second-order valence-electron chi connectivity index (χ2n) is 6.98. The molecule has 1 fully saturated rings. The van der Waals surface area contributed by atoms with Gasteiger partial charge in [0.25, 0.3) is 0 Å². The second kappa shape index (κ2) is 5.93. The summed E-state index contributed by atoms with van der Waals surface area (Å²) in [5, 5.41) is 6.34. The van der Waals surface area contributed by atoms with Gasteiger partial charge < -0.3 is 10.2 Å². The Kier molecular flexibility index (Phi) is 4.18. The van der Waals surface area contributed by atoms with E-state index in [1.807, 2.05) is 0 Å². The molecule has 3 rings (SSSR count). The maximum absolute atomic E-state index is 4.62. The summed E-state index contributed by atoms with van der Waals surface area (Å²) in [5.74, 6) is 0. The Balaban J connectivity index is 1.83. The lowest BCUT2D eigenvalue weighted by molar-refractivity contribution is 0.367. The number of hydrogen-bond donors (Lipinski definition) is 1. The fourth-order valence-electron chi connectivity index (χ4n) is 2.99. The highest BCUT2D eigenvalue weighted by molar-refractivity contribution is 7.11. The molecule has 21 heavy (non-hydrogen) atoms. The standard InChI is InChI=1S/C17H25N3S/c1-17(2,3)18-12-13-8-6-7-11-20(13)16-14-9-4-5-10-15(14)19-21-16/h4-5,9-10,13,18H,6-8,11-12H2,1-3H3. The normalized spacial score (nSPS) is 20.1. The summed E-state index contributed by atoms with van der Waals surface area (Å²) >= 11 is 1.65. The molecule has 0 bridgehead atoms. The minimum Gasteiger partial charge on any atom is -0.357 e. The molecule has 3 nitrogen and oxygen atoms in total. The molecule has 1 aliphatic rings. The van der Waals surface area contributed by atoms with E-state index in [9.17, 15) is 0 Å². The number of benzene rings is 1. The van der Waals surface area contributed by atoms with Crippen molar-refractivity contribution in [3.63, 3.8) is 0 Å². The fraction of sp³-hybridized carbons (Fsp3) is 0.588. The van der Waals surface area contributed by atoms with E-state index in [1.54, 1.807) is 11.5 Å². The van der Waals surface area contributed by atoms with Crippen LogP contribution in [0.5, 0.6) is 0 Å². The average Bonchev–Trinajstić information content (AvgIpc) is 2.88. The minimum atomic E-state index is 0.179. The van der Waals surface area contributed by atoms with E-state index in [0.717, 1.165) is 18.6 Å². The number of nitrogens with zero attached hydrogens (tertiary/aromatic N) is 2. The van der Waals surface area contributed by atoms with Crippen molar-refractivity contribution in [3.8, 4) is 0 Å². The van der Waals surface area contributed by atoms with Gasteiger partial charge in [0.2, 0.25) is 0 Å². The van der Waals surface area contributed by atoms with Gasteiger partial charge >= 0.3 is 0 Å². The van der Waals surface area contributed by atoms with Gasteiger partial charge in [0.1, 0.15) is 5.00 Å². The van der Waals surface area contributed by atoms with Gasteiger partial charge in [-0.3, -0.25) is 0 Å². The van der Waals surface area contributed by atoms with Gasteiger partial charge in [-0.25, -0.2) is 0 Å². The summed E-state index contributed by atoms with van der Waals surface area (Å²) in [6.45, 7) is 8.92. The van der Waals surface area contributed by atoms with Gasteiger partial charge in [0, 0.05) is 30.1 Å². The SMILES string of the molecule is CC(C)(C)NCC1CCCCN1c1snc2ccccc12. The maximum atomic E-state index is 4.62. The van der Waals surface area contributed by atoms with Gasteiger partial charge in [0.15, 0.2) is 0 Å². The summed E-state index contributed by atoms with van der Waals surface area (Å²) in [6, 6.07) is 9.09. The molecular formula is C17H25N3S. The summed E-state index contributed by atoms with van der Waals surface area (Å²) in [7, 11) is 0. The summed E-state index contributed by atoms with van der Waals surface area (Å²) in [5.41, 5.74) is 1.31. The van der Waals surface area contributed by atoms with Crippen LogP contribution in [0.25, 0.3) is 10.9 Å². The number of rotatable bonds is 3. The van der Waals surface area contributed by atoms with Gasteiger partial charge in [-0.1, -0.05) is 12.1 Å². The third-order valence-electron chi connectivity index (χ3n) is 4.12. The lowest BCUT2D eigenvalue weighted by Gasteiger charge is -2.38. The smallest absolute Gasteiger partial charge is 0.120 e. The Bertz CT molecular complexity index is 599. The number of aromatic nitrogens is 1. The van der Waals surface area contributed by atoms with Crippen LogP contribution in [0.1, 0.15) is 40.0 Å². The van der Waals surface area contributed by atoms with Crippen LogP contribution in [0.3, 0.4) is 0 Å². The molecule has 2 heterocycles. The first-order chi connectivity index (χ1) is 10.0. The van der Waals surface area contributed by atoms with Gasteiger partial charge in [-0.2, -0.15) is 4.37 Å². The number of fused-ring (bicyclic) bond motifs is 1. The van der Waals surface area contributed by atoms with Crippen LogP contribution in [0.4, 0.5) is 5.00 Å². The van der Waals surface area contributed by atoms with Crippen LogP contribution in [-0.4, -0.2) is 29.0 Å². The largest absolute Gasteiger partial charge is 0.357 e. The van der Waals surface area contributed by atoms with E-state index < -0.39 is 0 Å². The zero-order chi connectivity index (χ0) is 14.9. The predicted octanol–water partition coefficient (Wildman–Crippen LogP) is 4.04. The molecule has 114 valence electrons. The molecule has 0 radical (unpaired) electrons. The summed E-state index contributed by atoms with van der Waals surface area (Å²) in [6.07, 6.45) is 3.90. The molecule has 0 aliphatic carbocycles. The van der Waals surface area contributed by atoms with Crippen molar-refractivity contribution in [2.45, 2.75) is 51.6 Å². The Hall–Kier alpha value is -1.13. The lowest BCUT2D eigenvalue weighted by atomic mass is 10.0. The molecule has 0 saturated carbocycles. The molecular weight excluding hydrogens is 278 g/mol. The average molecular weight is 303 g/mol. The van der Waals surface area contributed by atoms with Crippen LogP contribution in [-0.2, 0) is 0 Å². The number of hydrogen-bond acceptors (Lipinski definition) is 4. The Morgan fingerprint density at radius 2 is 2.10 bits per heavy atom. The van der Waals surface area contributed by atoms with Gasteiger partial charge in [0.05, 0.1) is 5.52 Å². The topological polar surface area (TPSA) is 28.2 Å². The van der Waals surface area contributed by atoms with Crippen molar-refractivity contribution in [2.24, 2.45) is 0 Å². The van der Waals surface area contributed by atoms with Crippen LogP contribution < -0.4 is 10.2 Å². The zero-order valence-corrected chi connectivity index (χ0v) is 14.0. The zero-order valence-electron chi connectivity index (χ0n) is 13.2. The van der Waals surface area contributed by atoms with E-state index in [1.165, 1.54) is 29.6 Å². The third kappa shape index (κ3) is 3.38. The Morgan fingerprint density at radius 3 is 2.90 bits per heavy atom. The molecule has 0 amide bonds. The molecule has 0 spiro atoms. The number of anilines is 1. The number of nitrogens with one attached hydrogen (secondary N) is 1. The second-order valence-corrected chi connectivity index (χ2v) is 7.73. The van der Waals surface area contributed by atoms with Crippen LogP contribution >= 0.6 is 11.5 Å². The molecule has 4 heteroatoms. The van der Waals surface area contributed by atoms with Crippen molar-refractivity contribution < 1.29 is 0 Å². The third-order valence-corrected chi connectivity index (χ3v) is 5.04. The summed E-state index contributed by atoms with van der Waals surface area (Å²) in [4.78, 5) is 2.59. The van der Waals surface area contributed by atoms with E-state index in [0.29, 0.717) is 6.04 Å². The van der Waals surface area contributed by atoms with Crippen molar-refractivity contribution in [2.75, 3.05) is 18.0 Å². The highest BCUT2D eigenvalue weighted by atomic mass is 32.1. The molecule has 1 saturated heterocycles.